The normalized spacial score (nSPS) is 5.62. The lowest BCUT2D eigenvalue weighted by Gasteiger charge is -2.03. The van der Waals surface area contributed by atoms with Crippen molar-refractivity contribution in [2.45, 2.75) is 86.1 Å². The van der Waals surface area contributed by atoms with Gasteiger partial charge in [0.15, 0.2) is 0 Å². The third-order valence-corrected chi connectivity index (χ3v) is 1.12. The van der Waals surface area contributed by atoms with E-state index in [0.29, 0.717) is 0 Å². The number of hydrogen-bond donors (Lipinski definition) is 0. The molecule has 0 rings (SSSR count). The molecule has 0 aromatic carbocycles. The van der Waals surface area contributed by atoms with Crippen molar-refractivity contribution >= 4 is 17.7 Å². The predicted octanol–water partition coefficient (Wildman–Crippen LogP) is 5.51. The van der Waals surface area contributed by atoms with Gasteiger partial charge in [0.2, 0.25) is 6.79 Å². The molecule has 21 heavy (non-hydrogen) atoms. The Labute approximate surface area is 135 Å². The Morgan fingerprint density at radius 2 is 1.05 bits per heavy atom. The van der Waals surface area contributed by atoms with Gasteiger partial charge in [-0.15, -0.1) is 0 Å². The summed E-state index contributed by atoms with van der Waals surface area (Å²) in [6, 6.07) is 0. The quantitative estimate of drug-likeness (QED) is 0.380. The number of carbonyl (C=O) groups is 3. The maximum Gasteiger partial charge on any atom is 0.316 e. The van der Waals surface area contributed by atoms with Crippen LogP contribution in [0.2, 0.25) is 0 Å². The monoisotopic (exact) mass is 316 g/mol. The van der Waals surface area contributed by atoms with Crippen LogP contribution in [-0.4, -0.2) is 24.5 Å². The highest BCUT2D eigenvalue weighted by atomic mass is 16.7. The molecule has 5 nitrogen and oxygen atoms in total. The number of carbonyl (C=O) groups excluding carboxylic acids is 3. The average Bonchev–Trinajstić information content (AvgIpc) is 2.02. The summed E-state index contributed by atoms with van der Waals surface area (Å²) in [6.45, 7) is 2.48. The fraction of sp³-hybridized carbons (Fsp3) is 0.812. The van der Waals surface area contributed by atoms with E-state index in [-0.39, 0.29) is 78.0 Å². The molecule has 138 valence electrons. The third-order valence-electron chi connectivity index (χ3n) is 1.12. The molecular weight excluding hydrogens is 272 g/mol. The van der Waals surface area contributed by atoms with Gasteiger partial charge in [0, 0.05) is 6.42 Å². The lowest BCUT2D eigenvalue weighted by Crippen LogP contribution is -2.13. The number of Topliss-reactive ketones (excluding diaryl/α,β-unsaturated/α-hetero) is 1. The van der Waals surface area contributed by atoms with Gasteiger partial charge < -0.3 is 9.47 Å². The molecule has 0 aromatic rings. The van der Waals surface area contributed by atoms with Gasteiger partial charge in [-0.2, -0.15) is 0 Å². The molecule has 0 aliphatic rings. The van der Waals surface area contributed by atoms with Crippen molar-refractivity contribution < 1.29 is 23.9 Å². The highest BCUT2D eigenvalue weighted by Gasteiger charge is 2.06. The minimum Gasteiger partial charge on any atom is -0.428 e. The summed E-state index contributed by atoms with van der Waals surface area (Å²) in [5, 5.41) is 0. The Hall–Kier alpha value is -1.39. The molecule has 0 saturated carbocycles. The van der Waals surface area contributed by atoms with Crippen molar-refractivity contribution in [3.05, 3.63) is 0 Å². The zero-order valence-electron chi connectivity index (χ0n) is 7.66. The summed E-state index contributed by atoms with van der Waals surface area (Å²) in [5.74, 6) is -1.42. The van der Waals surface area contributed by atoms with Gasteiger partial charge in [0.25, 0.3) is 0 Å². The first-order valence-electron chi connectivity index (χ1n) is 3.87. The molecule has 0 atom stereocenters. The van der Waals surface area contributed by atoms with E-state index in [2.05, 4.69) is 9.47 Å². The highest BCUT2D eigenvalue weighted by molar-refractivity contribution is 5.94. The molecule has 0 spiro atoms. The average molecular weight is 317 g/mol. The van der Waals surface area contributed by atoms with Gasteiger partial charge in [-0.25, -0.2) is 0 Å². The molecule has 0 heterocycles. The van der Waals surface area contributed by atoms with E-state index in [0.717, 1.165) is 0 Å². The minimum atomic E-state index is -0.684. The van der Waals surface area contributed by atoms with E-state index in [9.17, 15) is 14.4 Å². The molecule has 0 saturated heterocycles. The van der Waals surface area contributed by atoms with Gasteiger partial charge in [0.05, 0.1) is 0 Å². The zero-order chi connectivity index (χ0) is 10.3. The molecule has 0 aliphatic carbocycles. The van der Waals surface area contributed by atoms with Gasteiger partial charge in [-0.1, -0.05) is 66.3 Å². The summed E-state index contributed by atoms with van der Waals surface area (Å²) < 4.78 is 8.87. The Morgan fingerprint density at radius 1 is 0.714 bits per heavy atom. The van der Waals surface area contributed by atoms with Gasteiger partial charge in [-0.05, 0) is 6.92 Å². The lowest BCUT2D eigenvalue weighted by atomic mass is 10.3. The maximum atomic E-state index is 10.7. The largest absolute Gasteiger partial charge is 0.428 e. The molecule has 0 aromatic heterocycles. The number of hydrogen-bond acceptors (Lipinski definition) is 5. The molecule has 0 unspecified atom stereocenters. The fourth-order valence-electron chi connectivity index (χ4n) is 0.517. The SMILES string of the molecule is C.C.C.C.C.C.C.C.CCC(=O)OCOC(=O)CC(C)=O. The van der Waals surface area contributed by atoms with Crippen LogP contribution in [0.25, 0.3) is 0 Å². The van der Waals surface area contributed by atoms with Crippen LogP contribution in [-0.2, 0) is 23.9 Å². The third kappa shape index (κ3) is 45.6. The standard InChI is InChI=1S/C8H12O5.8CH4/c1-3-7(10)12-5-13-8(11)4-6(2)9;;;;;;;;/h3-5H2,1-2H3;8*1H4. The smallest absolute Gasteiger partial charge is 0.316 e. The summed E-state index contributed by atoms with van der Waals surface area (Å²) in [4.78, 5) is 31.6. The van der Waals surface area contributed by atoms with E-state index in [1.165, 1.54) is 6.92 Å². The molecule has 0 radical (unpaired) electrons. The Kier molecular flexibility index (Phi) is 104. The molecule has 0 aliphatic heterocycles. The topological polar surface area (TPSA) is 69.7 Å². The molecule has 0 bridgehead atoms. The van der Waals surface area contributed by atoms with Crippen molar-refractivity contribution in [2.24, 2.45) is 0 Å². The Balaban J connectivity index is -0.0000000257. The van der Waals surface area contributed by atoms with Crippen LogP contribution in [0.4, 0.5) is 0 Å². The molecule has 0 N–H and O–H groups in total. The number of rotatable bonds is 5. The first-order chi connectivity index (χ1) is 6.06. The summed E-state index contributed by atoms with van der Waals surface area (Å²) >= 11 is 0. The lowest BCUT2D eigenvalue weighted by molar-refractivity contribution is -0.167. The predicted molar refractivity (Wildman–Crippen MR) is 96.5 cm³/mol. The molecule has 5 heteroatoms. The second-order valence-electron chi connectivity index (χ2n) is 2.38. The van der Waals surface area contributed by atoms with Crippen LogP contribution in [0.3, 0.4) is 0 Å². The molecule has 0 amide bonds. The van der Waals surface area contributed by atoms with Crippen molar-refractivity contribution in [2.75, 3.05) is 6.79 Å². The number of esters is 2. The molecular formula is C16H44O5. The van der Waals surface area contributed by atoms with Crippen LogP contribution < -0.4 is 0 Å². The van der Waals surface area contributed by atoms with Gasteiger partial charge >= 0.3 is 11.9 Å². The maximum absolute atomic E-state index is 10.7. The fourth-order valence-corrected chi connectivity index (χ4v) is 0.517. The Bertz CT molecular complexity index is 213. The minimum absolute atomic E-state index is 0. The second kappa shape index (κ2) is 36.3. The van der Waals surface area contributed by atoms with Crippen molar-refractivity contribution in [1.29, 1.82) is 0 Å². The van der Waals surface area contributed by atoms with E-state index in [4.69, 9.17) is 0 Å². The number of ether oxygens (including phenoxy) is 2. The summed E-state index contributed by atoms with van der Waals surface area (Å²) in [5.41, 5.74) is 0. The van der Waals surface area contributed by atoms with Gasteiger partial charge in [0.1, 0.15) is 12.2 Å². The van der Waals surface area contributed by atoms with Crippen molar-refractivity contribution in [3.63, 3.8) is 0 Å². The van der Waals surface area contributed by atoms with Crippen molar-refractivity contribution in [3.8, 4) is 0 Å². The van der Waals surface area contributed by atoms with E-state index in [1.54, 1.807) is 6.92 Å². The zero-order valence-corrected chi connectivity index (χ0v) is 7.66. The summed E-state index contributed by atoms with van der Waals surface area (Å²) in [6.07, 6.45) is -0.0616. The first-order valence-corrected chi connectivity index (χ1v) is 3.87. The van der Waals surface area contributed by atoms with Gasteiger partial charge in [-0.3, -0.25) is 14.4 Å². The van der Waals surface area contributed by atoms with Crippen LogP contribution >= 0.6 is 0 Å². The first kappa shape index (κ1) is 60.3. The highest BCUT2D eigenvalue weighted by Crippen LogP contribution is 1.90. The molecule has 0 fully saturated rings. The number of ketones is 1. The van der Waals surface area contributed by atoms with E-state index < -0.39 is 18.7 Å². The van der Waals surface area contributed by atoms with E-state index in [1.807, 2.05) is 0 Å². The Morgan fingerprint density at radius 3 is 1.33 bits per heavy atom. The second-order valence-corrected chi connectivity index (χ2v) is 2.38. The van der Waals surface area contributed by atoms with Crippen LogP contribution in [0.15, 0.2) is 0 Å². The van der Waals surface area contributed by atoms with Crippen LogP contribution in [0.5, 0.6) is 0 Å². The summed E-state index contributed by atoms with van der Waals surface area (Å²) in [7, 11) is 0. The van der Waals surface area contributed by atoms with Crippen molar-refractivity contribution in [1.82, 2.24) is 0 Å². The van der Waals surface area contributed by atoms with Crippen LogP contribution in [0.1, 0.15) is 86.1 Å². The van der Waals surface area contributed by atoms with Crippen LogP contribution in [0, 0.1) is 0 Å². The van der Waals surface area contributed by atoms with E-state index >= 15 is 0 Å².